The van der Waals surface area contributed by atoms with Crippen LogP contribution in [0.3, 0.4) is 0 Å². The zero-order chi connectivity index (χ0) is 48.4. The van der Waals surface area contributed by atoms with Crippen LogP contribution in [0.1, 0.15) is 65.4 Å². The van der Waals surface area contributed by atoms with E-state index < -0.39 is 49.6 Å². The fourth-order valence-corrected chi connectivity index (χ4v) is 8.70. The van der Waals surface area contributed by atoms with Crippen LogP contribution in [-0.4, -0.2) is 100 Å². The first kappa shape index (κ1) is 50.3. The van der Waals surface area contributed by atoms with Gasteiger partial charge in [0.2, 0.25) is 17.7 Å². The number of nitrogens with two attached hydrogens (primary N) is 1. The number of aromatic amines is 1. The number of urea groups is 1. The van der Waals surface area contributed by atoms with Crippen LogP contribution in [0.5, 0.6) is 5.75 Å². The van der Waals surface area contributed by atoms with Gasteiger partial charge in [-0.25, -0.2) is 9.36 Å². The number of H-pyrrole nitrogens is 1. The number of phosphoric ester groups is 1. The SMILES string of the molecule is CC(C)[C@H](NCCNC(=O)CCS)C(=O)N[C@@H](CCCNC(N)=O)C(=O)Nc1ccc(C(=O)Nc2ccc3[nH]c(C(=O)N4C[C@@H](CCl)c5c4cc(OP(=O)(O)O)c4ccccc54)cc3c2)cc1. The number of alkyl halides is 1. The smallest absolute Gasteiger partial charge is 0.404 e. The first-order valence-corrected chi connectivity index (χ1v) is 24.1. The number of nitrogens with one attached hydrogen (secondary N) is 7. The highest BCUT2D eigenvalue weighted by molar-refractivity contribution is 7.80. The van der Waals surface area contributed by atoms with Crippen LogP contribution in [0.2, 0.25) is 0 Å². The topological polar surface area (TPSA) is 286 Å². The normalized spacial score (nSPS) is 14.3. The van der Waals surface area contributed by atoms with E-state index in [2.05, 4.69) is 49.5 Å². The van der Waals surface area contributed by atoms with Gasteiger partial charge in [-0.3, -0.25) is 33.8 Å². The number of thiol groups is 1. The summed E-state index contributed by atoms with van der Waals surface area (Å²) in [5.74, 6) is -1.88. The molecule has 1 aliphatic rings. The predicted molar refractivity (Wildman–Crippen MR) is 260 cm³/mol. The van der Waals surface area contributed by atoms with Gasteiger partial charge in [-0.15, -0.1) is 11.6 Å². The highest BCUT2D eigenvalue weighted by Crippen LogP contribution is 2.49. The van der Waals surface area contributed by atoms with Crippen molar-refractivity contribution in [2.24, 2.45) is 11.7 Å². The van der Waals surface area contributed by atoms with Gasteiger partial charge in [-0.1, -0.05) is 38.1 Å². The minimum absolute atomic E-state index is 0.0735. The monoisotopic (exact) mass is 977 g/mol. The lowest BCUT2D eigenvalue weighted by Gasteiger charge is -2.25. The Morgan fingerprint density at radius 2 is 1.63 bits per heavy atom. The summed E-state index contributed by atoms with van der Waals surface area (Å²) in [5.41, 5.74) is 8.27. The van der Waals surface area contributed by atoms with E-state index in [1.54, 1.807) is 60.7 Å². The number of aromatic nitrogens is 1. The second-order valence-corrected chi connectivity index (χ2v) is 18.1. The second-order valence-electron chi connectivity index (χ2n) is 16.2. The molecular weight excluding hydrogens is 925 g/mol. The van der Waals surface area contributed by atoms with Gasteiger partial charge >= 0.3 is 13.9 Å². The molecule has 0 fully saturated rings. The molecule has 356 valence electrons. The van der Waals surface area contributed by atoms with Crippen LogP contribution in [0, 0.1) is 5.92 Å². The van der Waals surface area contributed by atoms with Crippen LogP contribution in [-0.2, 0) is 18.9 Å². The maximum absolute atomic E-state index is 14.1. The van der Waals surface area contributed by atoms with E-state index in [1.165, 1.54) is 23.1 Å². The highest BCUT2D eigenvalue weighted by atomic mass is 35.5. The number of nitrogens with zero attached hydrogens (tertiary/aromatic N) is 1. The summed E-state index contributed by atoms with van der Waals surface area (Å²) in [6.07, 6.45) is 0.763. The average molecular weight is 978 g/mol. The number of carbonyl (C=O) groups is 6. The average Bonchev–Trinajstić information content (AvgIpc) is 3.88. The molecule has 0 radical (unpaired) electrons. The number of carbonyl (C=O) groups excluding carboxylic acids is 6. The van der Waals surface area contributed by atoms with Gasteiger partial charge in [0, 0.05) is 83.7 Å². The summed E-state index contributed by atoms with van der Waals surface area (Å²) >= 11 is 10.5. The Labute approximate surface area is 396 Å². The summed E-state index contributed by atoms with van der Waals surface area (Å²) in [6.45, 7) is 4.69. The van der Waals surface area contributed by atoms with Gasteiger partial charge in [-0.05, 0) is 84.0 Å². The number of rotatable bonds is 21. The summed E-state index contributed by atoms with van der Waals surface area (Å²) in [5, 5.41) is 18.6. The van der Waals surface area contributed by atoms with Crippen molar-refractivity contribution in [2.75, 3.05) is 53.3 Å². The number of benzene rings is 4. The molecule has 11 N–H and O–H groups in total. The lowest BCUT2D eigenvalue weighted by atomic mass is 9.95. The lowest BCUT2D eigenvalue weighted by molar-refractivity contribution is -0.128. The van der Waals surface area contributed by atoms with Crippen molar-refractivity contribution in [3.8, 4) is 5.75 Å². The molecule has 7 amide bonds. The van der Waals surface area contributed by atoms with E-state index in [-0.39, 0.29) is 66.6 Å². The first-order valence-electron chi connectivity index (χ1n) is 21.4. The predicted octanol–water partition coefficient (Wildman–Crippen LogP) is 4.95. The first-order chi connectivity index (χ1) is 32.0. The largest absolute Gasteiger partial charge is 0.524 e. The molecule has 0 saturated carbocycles. The Hall–Kier alpha value is -6.15. The summed E-state index contributed by atoms with van der Waals surface area (Å²) in [7, 11) is -4.94. The number of fused-ring (bicyclic) bond motifs is 4. The Morgan fingerprint density at radius 3 is 2.30 bits per heavy atom. The molecule has 0 unspecified atom stereocenters. The van der Waals surface area contributed by atoms with Crippen LogP contribution in [0.4, 0.5) is 21.9 Å². The Balaban J connectivity index is 1.11. The molecule has 0 bridgehead atoms. The molecule has 0 aliphatic carbocycles. The summed E-state index contributed by atoms with van der Waals surface area (Å²) in [6, 6.07) is 18.9. The van der Waals surface area contributed by atoms with E-state index in [0.29, 0.717) is 64.0 Å². The number of amides is 7. The number of anilines is 3. The molecular formula is C45H53ClN9O10PS. The third-order valence-corrected chi connectivity index (χ3v) is 12.0. The van der Waals surface area contributed by atoms with Crippen molar-refractivity contribution in [1.29, 1.82) is 0 Å². The van der Waals surface area contributed by atoms with Crippen molar-refractivity contribution < 1.29 is 47.6 Å². The van der Waals surface area contributed by atoms with Crippen molar-refractivity contribution in [1.82, 2.24) is 26.3 Å². The summed E-state index contributed by atoms with van der Waals surface area (Å²) in [4.78, 5) is 102. The number of phosphoric acid groups is 1. The van der Waals surface area contributed by atoms with Gasteiger partial charge in [-0.2, -0.15) is 12.6 Å². The zero-order valence-electron chi connectivity index (χ0n) is 36.6. The van der Waals surface area contributed by atoms with Crippen molar-refractivity contribution in [3.63, 3.8) is 0 Å². The van der Waals surface area contributed by atoms with Gasteiger partial charge in [0.15, 0.2) is 0 Å². The van der Waals surface area contributed by atoms with Crippen molar-refractivity contribution in [2.45, 2.75) is 51.1 Å². The van der Waals surface area contributed by atoms with Gasteiger partial charge in [0.1, 0.15) is 17.5 Å². The maximum Gasteiger partial charge on any atom is 0.524 e. The fourth-order valence-electron chi connectivity index (χ4n) is 7.84. The number of halogens is 1. The maximum atomic E-state index is 14.1. The van der Waals surface area contributed by atoms with Crippen LogP contribution < -0.4 is 47.1 Å². The molecule has 19 nitrogen and oxygen atoms in total. The minimum atomic E-state index is -4.94. The molecule has 5 aromatic rings. The third kappa shape index (κ3) is 13.1. The van der Waals surface area contributed by atoms with E-state index >= 15 is 0 Å². The van der Waals surface area contributed by atoms with Crippen LogP contribution in [0.25, 0.3) is 21.7 Å². The quantitative estimate of drug-likeness (QED) is 0.0203. The number of hydrogen-bond donors (Lipinski definition) is 11. The molecule has 1 aliphatic heterocycles. The Morgan fingerprint density at radius 1 is 0.910 bits per heavy atom. The van der Waals surface area contributed by atoms with Crippen LogP contribution in [0.15, 0.2) is 78.9 Å². The molecule has 22 heteroatoms. The van der Waals surface area contributed by atoms with E-state index in [4.69, 9.17) is 21.9 Å². The van der Waals surface area contributed by atoms with Crippen molar-refractivity contribution in [3.05, 3.63) is 95.7 Å². The molecule has 6 rings (SSSR count). The molecule has 0 saturated heterocycles. The Kier molecular flexibility index (Phi) is 16.9. The van der Waals surface area contributed by atoms with Gasteiger partial charge < -0.3 is 52.0 Å². The molecule has 2 heterocycles. The van der Waals surface area contributed by atoms with Gasteiger partial charge in [0.05, 0.1) is 11.7 Å². The van der Waals surface area contributed by atoms with Crippen molar-refractivity contribution >= 4 is 106 Å². The molecule has 67 heavy (non-hydrogen) atoms. The van der Waals surface area contributed by atoms with Crippen LogP contribution >= 0.6 is 32.1 Å². The van der Waals surface area contributed by atoms with E-state index in [9.17, 15) is 43.1 Å². The molecule has 3 atom stereocenters. The third-order valence-electron chi connectivity index (χ3n) is 11.0. The minimum Gasteiger partial charge on any atom is -0.404 e. The van der Waals surface area contributed by atoms with E-state index in [0.717, 1.165) is 5.56 Å². The lowest BCUT2D eigenvalue weighted by Crippen LogP contribution is -2.54. The fraction of sp³-hybridized carbons (Fsp3) is 0.333. The molecule has 1 aromatic heterocycles. The molecule has 4 aromatic carbocycles. The standard InChI is InChI=1S/C45H53ClN9O10PS/c1-25(2)40(49-18-17-48-38(56)15-19-67)43(59)54-34(8-5-16-50-45(47)61)42(58)51-29-11-9-26(10-12-29)41(57)52-30-13-14-33-27(20-30)21-35(53-33)44(60)55-24-28(23-46)39-32-7-4-3-6-31(32)37(22-36(39)55)65-66(62,63)64/h3-4,6-7,9-14,20-22,25,28,34,40,49,53,67H,5,8,15-19,23-24H2,1-2H3,(H,48,56)(H,51,58)(H,52,57)(H,54,59)(H3,47,50,61)(H2,62,63,64)/t28-,34+,40+/m1/s1. The Bertz CT molecular complexity index is 2700. The summed E-state index contributed by atoms with van der Waals surface area (Å²) < 4.78 is 17.0. The number of primary amides is 1. The number of hydrogen-bond acceptors (Lipinski definition) is 10. The highest BCUT2D eigenvalue weighted by Gasteiger charge is 2.36. The van der Waals surface area contributed by atoms with E-state index in [1.807, 2.05) is 13.8 Å². The molecule has 0 spiro atoms. The second kappa shape index (κ2) is 22.6. The van der Waals surface area contributed by atoms with Gasteiger partial charge in [0.25, 0.3) is 11.8 Å². The zero-order valence-corrected chi connectivity index (χ0v) is 39.2.